The lowest BCUT2D eigenvalue weighted by atomic mass is 10.2. The van der Waals surface area contributed by atoms with Crippen molar-refractivity contribution >= 4 is 11.9 Å². The van der Waals surface area contributed by atoms with Crippen molar-refractivity contribution in [3.8, 4) is 0 Å². The highest BCUT2D eigenvalue weighted by Crippen LogP contribution is 2.29. The molecule has 0 aliphatic carbocycles. The Balaban J connectivity index is 2.95. The van der Waals surface area contributed by atoms with Crippen molar-refractivity contribution in [2.75, 3.05) is 5.32 Å². The average Bonchev–Trinajstić information content (AvgIpc) is 2.18. The summed E-state index contributed by atoms with van der Waals surface area (Å²) in [6.07, 6.45) is -4.88. The molecule has 5 nitrogen and oxygen atoms in total. The summed E-state index contributed by atoms with van der Waals surface area (Å²) in [6, 6.07) is 1.23. The normalized spacial score (nSPS) is 10.9. The number of nitrogens with one attached hydrogen (secondary N) is 1. The number of ether oxygens (including phenoxy) is 1. The second kappa shape index (κ2) is 4.94. The van der Waals surface area contributed by atoms with Crippen LogP contribution in [-0.4, -0.2) is 11.3 Å². The molecular formula is C10H10F3N2O3+. The van der Waals surface area contributed by atoms with Crippen LogP contribution in [0.1, 0.15) is 12.5 Å². The van der Waals surface area contributed by atoms with Crippen LogP contribution in [0.4, 0.5) is 23.8 Å². The van der Waals surface area contributed by atoms with E-state index in [1.54, 1.807) is 0 Å². The molecule has 98 valence electrons. The predicted molar refractivity (Wildman–Crippen MR) is 53.7 cm³/mol. The van der Waals surface area contributed by atoms with E-state index in [0.29, 0.717) is 16.9 Å². The Morgan fingerprint density at radius 1 is 1.56 bits per heavy atom. The number of amides is 1. The summed E-state index contributed by atoms with van der Waals surface area (Å²) in [6.45, 7) is 4.67. The lowest BCUT2D eigenvalue weighted by Crippen LogP contribution is -2.36. The van der Waals surface area contributed by atoms with Crippen LogP contribution in [-0.2, 0) is 10.9 Å². The first kappa shape index (κ1) is 13.8. The van der Waals surface area contributed by atoms with E-state index < -0.39 is 23.7 Å². The number of carbonyl (C=O) groups is 1. The maximum Gasteiger partial charge on any atom is 0.510 e. The Labute approximate surface area is 100 Å². The van der Waals surface area contributed by atoms with Crippen molar-refractivity contribution in [1.82, 2.24) is 0 Å². The largest absolute Gasteiger partial charge is 0.510 e. The lowest BCUT2D eigenvalue weighted by molar-refractivity contribution is -0.893. The topological polar surface area (TPSA) is 62.4 Å². The first-order valence-electron chi connectivity index (χ1n) is 4.66. The molecule has 8 heteroatoms. The summed E-state index contributed by atoms with van der Waals surface area (Å²) in [4.78, 5) is 11.1. The number of aromatic nitrogens is 1. The number of nitrogens with zero attached hydrogens (tertiary/aromatic N) is 1. The van der Waals surface area contributed by atoms with E-state index in [4.69, 9.17) is 0 Å². The summed E-state index contributed by atoms with van der Waals surface area (Å²) >= 11 is 0. The zero-order valence-electron chi connectivity index (χ0n) is 9.28. The van der Waals surface area contributed by atoms with Crippen LogP contribution in [0.15, 0.2) is 30.7 Å². The monoisotopic (exact) mass is 263 g/mol. The van der Waals surface area contributed by atoms with Gasteiger partial charge in [0.25, 0.3) is 0 Å². The molecule has 0 aliphatic heterocycles. The van der Waals surface area contributed by atoms with E-state index in [1.165, 1.54) is 6.92 Å². The Kier molecular flexibility index (Phi) is 3.79. The highest BCUT2D eigenvalue weighted by molar-refractivity contribution is 5.83. The predicted octanol–water partition coefficient (Wildman–Crippen LogP) is 2.31. The second-order valence-electron chi connectivity index (χ2n) is 3.36. The second-order valence-corrected chi connectivity index (χ2v) is 3.36. The maximum atomic E-state index is 12.4. The van der Waals surface area contributed by atoms with Gasteiger partial charge in [-0.3, -0.25) is 0 Å². The smallest absolute Gasteiger partial charge is 0.398 e. The van der Waals surface area contributed by atoms with Gasteiger partial charge in [-0.25, -0.2) is 0 Å². The summed E-state index contributed by atoms with van der Waals surface area (Å²) < 4.78 is 42.0. The highest BCUT2D eigenvalue weighted by Gasteiger charge is 2.33. The molecule has 0 atom stereocenters. The molecule has 0 fully saturated rings. The third-order valence-electron chi connectivity index (χ3n) is 1.76. The van der Waals surface area contributed by atoms with Crippen molar-refractivity contribution in [2.45, 2.75) is 13.1 Å². The molecule has 1 heterocycles. The third kappa shape index (κ3) is 3.65. The van der Waals surface area contributed by atoms with Gasteiger partial charge in [-0.1, -0.05) is 11.3 Å². The number of hydrogen-bond acceptors (Lipinski definition) is 3. The summed E-state index contributed by atoms with van der Waals surface area (Å²) in [7, 11) is 0. The molecule has 1 aromatic rings. The molecule has 0 aromatic carbocycles. The van der Waals surface area contributed by atoms with Crippen LogP contribution in [0.25, 0.3) is 0 Å². The van der Waals surface area contributed by atoms with Crippen LogP contribution in [0.5, 0.6) is 0 Å². The minimum atomic E-state index is -4.58. The molecule has 0 radical (unpaired) electrons. The van der Waals surface area contributed by atoms with E-state index in [9.17, 15) is 23.2 Å². The number of hydrogen-bond donors (Lipinski definition) is 2. The number of halogens is 3. The fraction of sp³-hybridized carbons (Fsp3) is 0.200. The number of allylic oxidation sites excluding steroid dienone is 1. The van der Waals surface area contributed by atoms with Crippen LogP contribution in [0.2, 0.25) is 0 Å². The molecule has 1 amide bonds. The van der Waals surface area contributed by atoms with Gasteiger partial charge >= 0.3 is 18.1 Å². The van der Waals surface area contributed by atoms with E-state index in [1.807, 2.05) is 5.32 Å². The summed E-state index contributed by atoms with van der Waals surface area (Å²) in [5, 5.41) is 11.2. The Bertz CT molecular complexity index is 486. The van der Waals surface area contributed by atoms with Crippen LogP contribution >= 0.6 is 0 Å². The Morgan fingerprint density at radius 2 is 2.17 bits per heavy atom. The fourth-order valence-electron chi connectivity index (χ4n) is 1.05. The van der Waals surface area contributed by atoms with Crippen molar-refractivity contribution in [1.29, 1.82) is 0 Å². The van der Waals surface area contributed by atoms with Gasteiger partial charge in [-0.2, -0.15) is 23.3 Å². The lowest BCUT2D eigenvalue weighted by Gasteiger charge is -2.07. The molecule has 0 saturated heterocycles. The fourth-order valence-corrected chi connectivity index (χ4v) is 1.05. The van der Waals surface area contributed by atoms with Crippen LogP contribution in [0.3, 0.4) is 0 Å². The third-order valence-corrected chi connectivity index (χ3v) is 1.76. The molecule has 2 N–H and O–H groups in total. The Hall–Kier alpha value is -2.25. The minimum absolute atomic E-state index is 0.0592. The number of anilines is 1. The van der Waals surface area contributed by atoms with E-state index in [-0.39, 0.29) is 5.76 Å². The zero-order valence-corrected chi connectivity index (χ0v) is 9.28. The van der Waals surface area contributed by atoms with E-state index in [2.05, 4.69) is 11.3 Å². The van der Waals surface area contributed by atoms with Gasteiger partial charge in [-0.15, -0.1) is 0 Å². The number of carbonyl (C=O) groups excluding carboxylic acids is 1. The molecule has 1 aromatic heterocycles. The van der Waals surface area contributed by atoms with Gasteiger partial charge in [0.15, 0.2) is 0 Å². The van der Waals surface area contributed by atoms with Crippen LogP contribution in [0, 0.1) is 0 Å². The molecule has 0 saturated carbocycles. The van der Waals surface area contributed by atoms with Gasteiger partial charge in [0, 0.05) is 6.07 Å². The zero-order chi connectivity index (χ0) is 13.9. The average molecular weight is 263 g/mol. The molecule has 0 bridgehead atoms. The van der Waals surface area contributed by atoms with Gasteiger partial charge < -0.3 is 9.94 Å². The van der Waals surface area contributed by atoms with E-state index in [0.717, 1.165) is 6.20 Å². The molecular weight excluding hydrogens is 253 g/mol. The summed E-state index contributed by atoms with van der Waals surface area (Å²) in [5.41, 5.74) is -1.02. The first-order valence-corrected chi connectivity index (χ1v) is 4.66. The quantitative estimate of drug-likeness (QED) is 0.489. The maximum absolute atomic E-state index is 12.4. The van der Waals surface area contributed by atoms with Crippen molar-refractivity contribution < 1.29 is 32.6 Å². The molecule has 1 rings (SSSR count). The minimum Gasteiger partial charge on any atom is -0.398 e. The Morgan fingerprint density at radius 3 is 2.67 bits per heavy atom. The van der Waals surface area contributed by atoms with E-state index >= 15 is 0 Å². The summed E-state index contributed by atoms with van der Waals surface area (Å²) in [5.74, 6) is -0.417. The van der Waals surface area contributed by atoms with Crippen molar-refractivity contribution in [2.24, 2.45) is 0 Å². The highest BCUT2D eigenvalue weighted by atomic mass is 19.4. The van der Waals surface area contributed by atoms with Gasteiger partial charge in [-0.05, 0) is 13.0 Å². The standard InChI is InChI=1S/C10H9F3N2O3/c1-6(2)18-9(16)14-8-5-7(10(11,12)13)3-4-15(8)17/h3-5,17H,1H2,2H3/p+1. The number of pyridine rings is 1. The molecule has 0 unspecified atom stereocenters. The molecule has 0 spiro atoms. The van der Waals surface area contributed by atoms with Gasteiger partial charge in [0.1, 0.15) is 12.0 Å². The van der Waals surface area contributed by atoms with Crippen molar-refractivity contribution in [3.63, 3.8) is 0 Å². The van der Waals surface area contributed by atoms with Gasteiger partial charge in [0.2, 0.25) is 0 Å². The van der Waals surface area contributed by atoms with Crippen molar-refractivity contribution in [3.05, 3.63) is 36.2 Å². The first-order chi connectivity index (χ1) is 8.20. The van der Waals surface area contributed by atoms with Crippen LogP contribution < -0.4 is 10.0 Å². The van der Waals surface area contributed by atoms with Gasteiger partial charge in [0.05, 0.1) is 5.56 Å². The SMILES string of the molecule is C=C(C)OC(=O)Nc1cc(C(F)(F)F)cc[n+]1O. The molecule has 0 aliphatic rings. The number of rotatable bonds is 2. The molecule has 18 heavy (non-hydrogen) atoms. The number of alkyl halides is 3.